The molecular weight excluding hydrogens is 590 g/mol. The standard InChI is InChI=1S/C28H31BrClN3O4S/c1-5-31-28(35)21(4)32(17-22-8-10-23(29)11-9-22)27(34)18-33(26-15-12-24(30)16-20(26)3)38(36,37)25-13-6-19(2)7-14-25/h6-16,21H,5,17-18H2,1-4H3,(H,31,35). The van der Waals surface area contributed by atoms with Crippen LogP contribution in [0.25, 0.3) is 0 Å². The van der Waals surface area contributed by atoms with E-state index in [0.29, 0.717) is 22.8 Å². The van der Waals surface area contributed by atoms with Crippen molar-refractivity contribution in [2.75, 3.05) is 17.4 Å². The van der Waals surface area contributed by atoms with Crippen molar-refractivity contribution in [3.05, 3.63) is 92.9 Å². The third-order valence-electron chi connectivity index (χ3n) is 6.10. The van der Waals surface area contributed by atoms with E-state index in [9.17, 15) is 18.0 Å². The van der Waals surface area contributed by atoms with Crippen molar-refractivity contribution in [1.29, 1.82) is 0 Å². The maximum atomic E-state index is 13.9. The molecule has 0 saturated heterocycles. The van der Waals surface area contributed by atoms with E-state index in [1.165, 1.54) is 17.0 Å². The van der Waals surface area contributed by atoms with Gasteiger partial charge in [-0.3, -0.25) is 13.9 Å². The molecule has 1 unspecified atom stereocenters. The number of likely N-dealkylation sites (N-methyl/N-ethyl adjacent to an activating group) is 1. The monoisotopic (exact) mass is 619 g/mol. The molecule has 7 nitrogen and oxygen atoms in total. The van der Waals surface area contributed by atoms with E-state index < -0.39 is 28.5 Å². The molecule has 10 heteroatoms. The van der Waals surface area contributed by atoms with Crippen molar-refractivity contribution in [1.82, 2.24) is 10.2 Å². The molecule has 0 aliphatic rings. The predicted molar refractivity (Wildman–Crippen MR) is 155 cm³/mol. The van der Waals surface area contributed by atoms with E-state index in [2.05, 4.69) is 21.2 Å². The fraction of sp³-hybridized carbons (Fsp3) is 0.286. The van der Waals surface area contributed by atoms with Crippen LogP contribution in [0.4, 0.5) is 5.69 Å². The number of rotatable bonds is 10. The summed E-state index contributed by atoms with van der Waals surface area (Å²) >= 11 is 9.55. The Balaban J connectivity index is 2.06. The Kier molecular flexibility index (Phi) is 9.98. The predicted octanol–water partition coefficient (Wildman–Crippen LogP) is 5.47. The molecule has 3 aromatic carbocycles. The first kappa shape index (κ1) is 29.7. The fourth-order valence-corrected chi connectivity index (χ4v) is 5.91. The van der Waals surface area contributed by atoms with Gasteiger partial charge in [-0.15, -0.1) is 0 Å². The van der Waals surface area contributed by atoms with Crippen LogP contribution >= 0.6 is 27.5 Å². The smallest absolute Gasteiger partial charge is 0.264 e. The van der Waals surface area contributed by atoms with Crippen molar-refractivity contribution in [2.24, 2.45) is 0 Å². The molecule has 0 spiro atoms. The van der Waals surface area contributed by atoms with Gasteiger partial charge in [0.2, 0.25) is 11.8 Å². The second kappa shape index (κ2) is 12.8. The summed E-state index contributed by atoms with van der Waals surface area (Å²) in [5.74, 6) is -0.842. The van der Waals surface area contributed by atoms with Crippen molar-refractivity contribution in [2.45, 2.75) is 45.2 Å². The number of carbonyl (C=O) groups is 2. The number of carbonyl (C=O) groups excluding carboxylic acids is 2. The van der Waals surface area contributed by atoms with Gasteiger partial charge < -0.3 is 10.2 Å². The first-order valence-electron chi connectivity index (χ1n) is 12.1. The minimum Gasteiger partial charge on any atom is -0.355 e. The molecule has 0 fully saturated rings. The first-order chi connectivity index (χ1) is 17.9. The van der Waals surface area contributed by atoms with Gasteiger partial charge in [-0.2, -0.15) is 0 Å². The van der Waals surface area contributed by atoms with Crippen molar-refractivity contribution >= 4 is 55.1 Å². The lowest BCUT2D eigenvalue weighted by Gasteiger charge is -2.32. The van der Waals surface area contributed by atoms with Gasteiger partial charge in [0.1, 0.15) is 12.6 Å². The number of benzene rings is 3. The molecular formula is C28H31BrClN3O4S. The largest absolute Gasteiger partial charge is 0.355 e. The zero-order valence-electron chi connectivity index (χ0n) is 21.7. The molecule has 0 bridgehead atoms. The summed E-state index contributed by atoms with van der Waals surface area (Å²) in [7, 11) is -4.13. The van der Waals surface area contributed by atoms with Gasteiger partial charge >= 0.3 is 0 Å². The zero-order chi connectivity index (χ0) is 28.0. The van der Waals surface area contributed by atoms with Gasteiger partial charge in [0.25, 0.3) is 10.0 Å². The van der Waals surface area contributed by atoms with Crippen molar-refractivity contribution < 1.29 is 18.0 Å². The quantitative estimate of drug-likeness (QED) is 0.326. The Labute approximate surface area is 238 Å². The molecule has 3 aromatic rings. The number of amides is 2. The Morgan fingerprint density at radius 1 is 1.00 bits per heavy atom. The van der Waals surface area contributed by atoms with Crippen LogP contribution in [-0.2, 0) is 26.2 Å². The Morgan fingerprint density at radius 2 is 1.63 bits per heavy atom. The van der Waals surface area contributed by atoms with Crippen LogP contribution in [0.2, 0.25) is 5.02 Å². The summed E-state index contributed by atoms with van der Waals surface area (Å²) < 4.78 is 29.7. The van der Waals surface area contributed by atoms with Crippen LogP contribution in [-0.4, -0.2) is 44.3 Å². The van der Waals surface area contributed by atoms with Gasteiger partial charge in [-0.25, -0.2) is 8.42 Å². The van der Waals surface area contributed by atoms with Gasteiger partial charge in [-0.1, -0.05) is 57.4 Å². The molecule has 0 heterocycles. The fourth-order valence-electron chi connectivity index (χ4n) is 3.94. The molecule has 38 heavy (non-hydrogen) atoms. The number of hydrogen-bond acceptors (Lipinski definition) is 4. The number of sulfonamides is 1. The Morgan fingerprint density at radius 3 is 2.21 bits per heavy atom. The van der Waals surface area contributed by atoms with Crippen LogP contribution in [0.15, 0.2) is 76.1 Å². The number of aryl methyl sites for hydroxylation is 2. The van der Waals surface area contributed by atoms with Gasteiger partial charge in [0.15, 0.2) is 0 Å². The van der Waals surface area contributed by atoms with Crippen LogP contribution < -0.4 is 9.62 Å². The third-order valence-corrected chi connectivity index (χ3v) is 8.64. The van der Waals surface area contributed by atoms with Crippen molar-refractivity contribution in [3.8, 4) is 0 Å². The minimum atomic E-state index is -4.13. The molecule has 0 radical (unpaired) electrons. The highest BCUT2D eigenvalue weighted by molar-refractivity contribution is 9.10. The Bertz CT molecular complexity index is 1400. The lowest BCUT2D eigenvalue weighted by molar-refractivity contribution is -0.139. The molecule has 2 amide bonds. The minimum absolute atomic E-state index is 0.0569. The third kappa shape index (κ3) is 7.15. The molecule has 1 N–H and O–H groups in total. The molecule has 1 atom stereocenters. The average Bonchev–Trinajstić information content (AvgIpc) is 2.87. The van der Waals surface area contributed by atoms with Crippen LogP contribution in [0.1, 0.15) is 30.5 Å². The van der Waals surface area contributed by atoms with Gasteiger partial charge in [0, 0.05) is 22.6 Å². The molecule has 3 rings (SSSR count). The second-order valence-electron chi connectivity index (χ2n) is 8.97. The molecule has 202 valence electrons. The lowest BCUT2D eigenvalue weighted by Crippen LogP contribution is -2.51. The summed E-state index contributed by atoms with van der Waals surface area (Å²) in [6.45, 7) is 7.06. The highest BCUT2D eigenvalue weighted by Gasteiger charge is 2.33. The SMILES string of the molecule is CCNC(=O)C(C)N(Cc1ccc(Br)cc1)C(=O)CN(c1ccc(Cl)cc1C)S(=O)(=O)c1ccc(C)cc1. The van der Waals surface area contributed by atoms with E-state index in [1.807, 2.05) is 31.2 Å². The van der Waals surface area contributed by atoms with E-state index in [4.69, 9.17) is 11.6 Å². The average molecular weight is 621 g/mol. The van der Waals surface area contributed by atoms with E-state index in [-0.39, 0.29) is 17.3 Å². The van der Waals surface area contributed by atoms with Crippen molar-refractivity contribution in [3.63, 3.8) is 0 Å². The molecule has 0 aliphatic heterocycles. The normalized spacial score (nSPS) is 12.1. The highest BCUT2D eigenvalue weighted by atomic mass is 79.9. The molecule has 0 aromatic heterocycles. The van der Waals surface area contributed by atoms with Crippen LogP contribution in [0.3, 0.4) is 0 Å². The summed E-state index contributed by atoms with van der Waals surface area (Å²) in [6.07, 6.45) is 0. The summed E-state index contributed by atoms with van der Waals surface area (Å²) in [5, 5.41) is 3.20. The lowest BCUT2D eigenvalue weighted by atomic mass is 10.1. The molecule has 0 aliphatic carbocycles. The summed E-state index contributed by atoms with van der Waals surface area (Å²) in [5.41, 5.74) is 2.63. The van der Waals surface area contributed by atoms with Gasteiger partial charge in [-0.05, 0) is 81.3 Å². The molecule has 0 saturated carbocycles. The number of nitrogens with zero attached hydrogens (tertiary/aromatic N) is 2. The summed E-state index contributed by atoms with van der Waals surface area (Å²) in [6, 6.07) is 17.8. The highest BCUT2D eigenvalue weighted by Crippen LogP contribution is 2.29. The summed E-state index contributed by atoms with van der Waals surface area (Å²) in [4.78, 5) is 28.1. The topological polar surface area (TPSA) is 86.8 Å². The van der Waals surface area contributed by atoms with E-state index >= 15 is 0 Å². The number of hydrogen-bond donors (Lipinski definition) is 1. The van der Waals surface area contributed by atoms with Gasteiger partial charge in [0.05, 0.1) is 10.6 Å². The number of halogens is 2. The van der Waals surface area contributed by atoms with E-state index in [1.54, 1.807) is 51.1 Å². The Hall–Kier alpha value is -2.88. The van der Waals surface area contributed by atoms with E-state index in [0.717, 1.165) is 19.9 Å². The number of anilines is 1. The number of nitrogens with one attached hydrogen (secondary N) is 1. The van der Waals surface area contributed by atoms with Crippen LogP contribution in [0, 0.1) is 13.8 Å². The maximum Gasteiger partial charge on any atom is 0.264 e. The zero-order valence-corrected chi connectivity index (χ0v) is 24.9. The first-order valence-corrected chi connectivity index (χ1v) is 14.7. The maximum absolute atomic E-state index is 13.9. The van der Waals surface area contributed by atoms with Crippen LogP contribution in [0.5, 0.6) is 0 Å². The second-order valence-corrected chi connectivity index (χ2v) is 12.2.